The minimum absolute atomic E-state index is 0.185. The Labute approximate surface area is 208 Å². The van der Waals surface area contributed by atoms with E-state index in [0.29, 0.717) is 36.2 Å². The standard InChI is InChI=1S/C26H29N5O3S/c1-26(2,3)34-25(33)31-12-9-17(10-13-31)4-6-20-16-35-24(30-20)23(32)29-15-18-5-7-21-19(14-18)8-11-28-22(21)27/h5,7-8,11,14,16-17H,9-10,12-13,15H2,1-3H3,(H2,27,28)(H,29,32). The normalized spacial score (nSPS) is 14.3. The van der Waals surface area contributed by atoms with Gasteiger partial charge >= 0.3 is 6.09 Å². The van der Waals surface area contributed by atoms with E-state index in [2.05, 4.69) is 27.1 Å². The molecule has 1 aliphatic rings. The number of amides is 2. The molecule has 1 saturated heterocycles. The van der Waals surface area contributed by atoms with Crippen molar-refractivity contribution >= 4 is 39.9 Å². The first-order valence-corrected chi connectivity index (χ1v) is 12.4. The molecule has 3 heterocycles. The van der Waals surface area contributed by atoms with Crippen molar-refractivity contribution in [2.75, 3.05) is 18.8 Å². The highest BCUT2D eigenvalue weighted by Crippen LogP contribution is 2.21. The summed E-state index contributed by atoms with van der Waals surface area (Å²) in [4.78, 5) is 35.0. The maximum absolute atomic E-state index is 12.6. The van der Waals surface area contributed by atoms with Crippen molar-refractivity contribution in [3.8, 4) is 11.8 Å². The van der Waals surface area contributed by atoms with E-state index >= 15 is 0 Å². The molecule has 4 rings (SSSR count). The number of fused-ring (bicyclic) bond motifs is 1. The molecule has 0 saturated carbocycles. The average Bonchev–Trinajstić information content (AvgIpc) is 3.30. The van der Waals surface area contributed by atoms with Gasteiger partial charge in [0.2, 0.25) is 0 Å². The zero-order valence-electron chi connectivity index (χ0n) is 20.1. The monoisotopic (exact) mass is 491 g/mol. The second-order valence-corrected chi connectivity index (χ2v) is 10.3. The van der Waals surface area contributed by atoms with Gasteiger partial charge in [0.05, 0.1) is 0 Å². The van der Waals surface area contributed by atoms with Crippen LogP contribution < -0.4 is 11.1 Å². The lowest BCUT2D eigenvalue weighted by molar-refractivity contribution is 0.0199. The van der Waals surface area contributed by atoms with Gasteiger partial charge in [-0.25, -0.2) is 14.8 Å². The number of benzene rings is 1. The fourth-order valence-electron chi connectivity index (χ4n) is 3.76. The van der Waals surface area contributed by atoms with Crippen LogP contribution in [0.3, 0.4) is 0 Å². The lowest BCUT2D eigenvalue weighted by Crippen LogP contribution is -2.41. The van der Waals surface area contributed by atoms with E-state index in [1.54, 1.807) is 16.5 Å². The highest BCUT2D eigenvalue weighted by atomic mass is 32.1. The minimum atomic E-state index is -0.496. The predicted octanol–water partition coefficient (Wildman–Crippen LogP) is 4.20. The van der Waals surface area contributed by atoms with Crippen LogP contribution in [0.1, 0.15) is 54.7 Å². The number of carbonyl (C=O) groups is 2. The fourth-order valence-corrected chi connectivity index (χ4v) is 4.43. The Morgan fingerprint density at radius 2 is 2.03 bits per heavy atom. The molecule has 2 aromatic heterocycles. The van der Waals surface area contributed by atoms with Gasteiger partial charge in [-0.15, -0.1) is 11.3 Å². The number of carbonyl (C=O) groups excluding carboxylic acids is 2. The number of hydrogen-bond acceptors (Lipinski definition) is 7. The summed E-state index contributed by atoms with van der Waals surface area (Å²) < 4.78 is 5.44. The van der Waals surface area contributed by atoms with E-state index in [-0.39, 0.29) is 17.9 Å². The first-order chi connectivity index (χ1) is 16.7. The molecule has 0 radical (unpaired) electrons. The SMILES string of the molecule is CC(C)(C)OC(=O)N1CCC(C#Cc2csc(C(=O)NCc3ccc4c(N)nccc4c3)n2)CC1. The Morgan fingerprint density at radius 3 is 2.77 bits per heavy atom. The highest BCUT2D eigenvalue weighted by Gasteiger charge is 2.26. The molecular formula is C26H29N5O3S. The summed E-state index contributed by atoms with van der Waals surface area (Å²) in [5.74, 6) is 6.77. The zero-order valence-corrected chi connectivity index (χ0v) is 20.9. The number of nitrogen functional groups attached to an aromatic ring is 1. The number of pyridine rings is 1. The van der Waals surface area contributed by atoms with Gasteiger partial charge in [0.15, 0.2) is 5.01 Å². The lowest BCUT2D eigenvalue weighted by atomic mass is 9.97. The van der Waals surface area contributed by atoms with Crippen LogP contribution in [0.15, 0.2) is 35.8 Å². The van der Waals surface area contributed by atoms with Gasteiger partial charge in [-0.3, -0.25) is 4.79 Å². The number of aromatic nitrogens is 2. The van der Waals surface area contributed by atoms with Gasteiger partial charge in [-0.1, -0.05) is 18.1 Å². The van der Waals surface area contributed by atoms with Crippen LogP contribution in [0.25, 0.3) is 10.8 Å². The zero-order chi connectivity index (χ0) is 25.0. The third-order valence-electron chi connectivity index (χ3n) is 5.56. The quantitative estimate of drug-likeness (QED) is 0.531. The number of likely N-dealkylation sites (tertiary alicyclic amines) is 1. The number of rotatable bonds is 3. The van der Waals surface area contributed by atoms with Gasteiger partial charge in [-0.05, 0) is 62.6 Å². The van der Waals surface area contributed by atoms with Gasteiger partial charge in [-0.2, -0.15) is 0 Å². The summed E-state index contributed by atoms with van der Waals surface area (Å²) in [6.45, 7) is 7.22. The van der Waals surface area contributed by atoms with Crippen molar-refractivity contribution in [3.05, 3.63) is 52.1 Å². The average molecular weight is 492 g/mol. The Balaban J connectivity index is 1.28. The van der Waals surface area contributed by atoms with Gasteiger partial charge in [0.25, 0.3) is 5.91 Å². The van der Waals surface area contributed by atoms with Gasteiger partial charge < -0.3 is 20.7 Å². The van der Waals surface area contributed by atoms with E-state index in [4.69, 9.17) is 10.5 Å². The molecule has 8 nitrogen and oxygen atoms in total. The van der Waals surface area contributed by atoms with Crippen LogP contribution in [0.4, 0.5) is 10.6 Å². The molecule has 35 heavy (non-hydrogen) atoms. The largest absolute Gasteiger partial charge is 0.444 e. The Bertz CT molecular complexity index is 1290. The fraction of sp³-hybridized carbons (Fsp3) is 0.385. The molecule has 1 aromatic carbocycles. The minimum Gasteiger partial charge on any atom is -0.444 e. The summed E-state index contributed by atoms with van der Waals surface area (Å²) >= 11 is 1.27. The first-order valence-electron chi connectivity index (χ1n) is 11.5. The number of thiazole rings is 1. The third kappa shape index (κ3) is 6.49. The van der Waals surface area contributed by atoms with E-state index in [9.17, 15) is 9.59 Å². The van der Waals surface area contributed by atoms with Crippen LogP contribution >= 0.6 is 11.3 Å². The molecule has 0 aliphatic carbocycles. The topological polar surface area (TPSA) is 110 Å². The van der Waals surface area contributed by atoms with Crippen LogP contribution in [0.2, 0.25) is 0 Å². The molecular weight excluding hydrogens is 462 g/mol. The van der Waals surface area contributed by atoms with Gasteiger partial charge in [0.1, 0.15) is 17.1 Å². The molecule has 1 fully saturated rings. The van der Waals surface area contributed by atoms with Gasteiger partial charge in [0, 0.05) is 42.5 Å². The van der Waals surface area contributed by atoms with Crippen LogP contribution in [0.5, 0.6) is 0 Å². The van der Waals surface area contributed by atoms with Crippen molar-refractivity contribution < 1.29 is 14.3 Å². The van der Waals surface area contributed by atoms with Crippen LogP contribution in [0, 0.1) is 17.8 Å². The van der Waals surface area contributed by atoms with Crippen LogP contribution in [-0.4, -0.2) is 45.6 Å². The molecule has 2 amide bonds. The van der Waals surface area contributed by atoms with E-state index < -0.39 is 5.60 Å². The molecule has 0 spiro atoms. The number of nitrogens with zero attached hydrogens (tertiary/aromatic N) is 3. The highest BCUT2D eigenvalue weighted by molar-refractivity contribution is 7.11. The van der Waals surface area contributed by atoms with E-state index in [0.717, 1.165) is 29.2 Å². The van der Waals surface area contributed by atoms with E-state index in [1.807, 2.05) is 45.0 Å². The van der Waals surface area contributed by atoms with Crippen molar-refractivity contribution in [1.29, 1.82) is 0 Å². The van der Waals surface area contributed by atoms with Crippen molar-refractivity contribution in [2.45, 2.75) is 45.8 Å². The molecule has 0 bridgehead atoms. The smallest absolute Gasteiger partial charge is 0.410 e. The second kappa shape index (κ2) is 10.3. The summed E-state index contributed by atoms with van der Waals surface area (Å²) in [5.41, 5.74) is 6.95. The Kier molecular flexibility index (Phi) is 7.22. The lowest BCUT2D eigenvalue weighted by Gasteiger charge is -2.31. The maximum Gasteiger partial charge on any atom is 0.410 e. The summed E-state index contributed by atoms with van der Waals surface area (Å²) in [7, 11) is 0. The van der Waals surface area contributed by atoms with Crippen LogP contribution in [-0.2, 0) is 11.3 Å². The molecule has 182 valence electrons. The number of nitrogens with two attached hydrogens (primary N) is 1. The molecule has 1 aliphatic heterocycles. The number of hydrogen-bond donors (Lipinski definition) is 2. The Morgan fingerprint density at radius 1 is 1.26 bits per heavy atom. The Hall–Kier alpha value is -3.64. The maximum atomic E-state index is 12.6. The molecule has 3 aromatic rings. The third-order valence-corrected chi connectivity index (χ3v) is 6.40. The summed E-state index contributed by atoms with van der Waals surface area (Å²) in [5, 5.41) is 6.95. The van der Waals surface area contributed by atoms with E-state index in [1.165, 1.54) is 11.3 Å². The number of ether oxygens (including phenoxy) is 1. The van der Waals surface area contributed by atoms with Crippen molar-refractivity contribution in [2.24, 2.45) is 5.92 Å². The number of nitrogens with one attached hydrogen (secondary N) is 1. The summed E-state index contributed by atoms with van der Waals surface area (Å²) in [6.07, 6.45) is 2.97. The number of anilines is 1. The second-order valence-electron chi connectivity index (χ2n) is 9.48. The molecule has 3 N–H and O–H groups in total. The molecule has 9 heteroatoms. The predicted molar refractivity (Wildman–Crippen MR) is 137 cm³/mol. The number of piperidine rings is 1. The first kappa shape index (κ1) is 24.5. The van der Waals surface area contributed by atoms with Crippen molar-refractivity contribution in [3.63, 3.8) is 0 Å². The molecule has 0 atom stereocenters. The summed E-state index contributed by atoms with van der Waals surface area (Å²) in [6, 6.07) is 7.71. The van der Waals surface area contributed by atoms with Crippen molar-refractivity contribution in [1.82, 2.24) is 20.2 Å². The molecule has 0 unspecified atom stereocenters.